The molecule has 0 fully saturated rings. The van der Waals surface area contributed by atoms with Gasteiger partial charge in [0.2, 0.25) is 0 Å². The summed E-state index contributed by atoms with van der Waals surface area (Å²) in [7, 11) is 0. The highest BCUT2D eigenvalue weighted by Gasteiger charge is 2.07. The first-order valence-corrected chi connectivity index (χ1v) is 5.96. The SMILES string of the molecule is N#Cc1ccccc1OCC(O)CNn1cccc1. The van der Waals surface area contributed by atoms with Crippen LogP contribution in [0.15, 0.2) is 48.8 Å². The van der Waals surface area contributed by atoms with E-state index in [1.807, 2.05) is 30.6 Å². The molecule has 19 heavy (non-hydrogen) atoms. The average molecular weight is 257 g/mol. The second kappa shape index (κ2) is 6.47. The van der Waals surface area contributed by atoms with Gasteiger partial charge in [0, 0.05) is 12.4 Å². The Morgan fingerprint density at radius 3 is 2.74 bits per heavy atom. The first-order chi connectivity index (χ1) is 9.29. The van der Waals surface area contributed by atoms with Crippen LogP contribution in [-0.4, -0.2) is 29.0 Å². The number of rotatable bonds is 6. The molecule has 0 aliphatic rings. The predicted octanol–water partition coefficient (Wildman–Crippen LogP) is 1.34. The number of nitriles is 1. The van der Waals surface area contributed by atoms with Gasteiger partial charge in [-0.3, -0.25) is 4.68 Å². The zero-order chi connectivity index (χ0) is 13.5. The number of aliphatic hydroxyl groups excluding tert-OH is 1. The van der Waals surface area contributed by atoms with Crippen LogP contribution in [0, 0.1) is 11.3 Å². The predicted molar refractivity (Wildman–Crippen MR) is 71.3 cm³/mol. The van der Waals surface area contributed by atoms with Crippen molar-refractivity contribution in [1.82, 2.24) is 4.68 Å². The average Bonchev–Trinajstić information content (AvgIpc) is 2.96. The first-order valence-electron chi connectivity index (χ1n) is 5.96. The van der Waals surface area contributed by atoms with Crippen LogP contribution < -0.4 is 10.2 Å². The quantitative estimate of drug-likeness (QED) is 0.819. The molecule has 0 saturated heterocycles. The Labute approximate surface area is 111 Å². The molecule has 0 radical (unpaired) electrons. The first kappa shape index (κ1) is 13.0. The topological polar surface area (TPSA) is 70.2 Å². The molecule has 0 aliphatic carbocycles. The molecule has 5 heteroatoms. The van der Waals surface area contributed by atoms with E-state index in [-0.39, 0.29) is 6.61 Å². The van der Waals surface area contributed by atoms with Crippen LogP contribution in [0.2, 0.25) is 0 Å². The minimum absolute atomic E-state index is 0.132. The third-order valence-corrected chi connectivity index (χ3v) is 2.55. The summed E-state index contributed by atoms with van der Waals surface area (Å²) in [6.07, 6.45) is 3.03. The van der Waals surface area contributed by atoms with Gasteiger partial charge in [-0.05, 0) is 24.3 Å². The number of ether oxygens (including phenoxy) is 1. The van der Waals surface area contributed by atoms with Crippen molar-refractivity contribution < 1.29 is 9.84 Å². The Kier molecular flexibility index (Phi) is 4.43. The number of hydrogen-bond acceptors (Lipinski definition) is 4. The molecule has 0 saturated carbocycles. The summed E-state index contributed by atoms with van der Waals surface area (Å²) < 4.78 is 7.19. The van der Waals surface area contributed by atoms with Crippen molar-refractivity contribution in [2.75, 3.05) is 18.6 Å². The van der Waals surface area contributed by atoms with E-state index < -0.39 is 6.10 Å². The fraction of sp³-hybridized carbons (Fsp3) is 0.214. The maximum atomic E-state index is 9.79. The minimum Gasteiger partial charge on any atom is -0.489 e. The van der Waals surface area contributed by atoms with E-state index in [4.69, 9.17) is 10.00 Å². The third-order valence-electron chi connectivity index (χ3n) is 2.55. The number of benzene rings is 1. The zero-order valence-electron chi connectivity index (χ0n) is 10.4. The number of nitrogens with zero attached hydrogens (tertiary/aromatic N) is 2. The van der Waals surface area contributed by atoms with Crippen molar-refractivity contribution in [2.45, 2.75) is 6.10 Å². The molecule has 0 amide bonds. The van der Waals surface area contributed by atoms with Crippen molar-refractivity contribution in [1.29, 1.82) is 5.26 Å². The summed E-state index contributed by atoms with van der Waals surface area (Å²) >= 11 is 0. The standard InChI is InChI=1S/C14H15N3O2/c15-9-12-5-1-2-6-14(12)19-11-13(18)10-16-17-7-3-4-8-17/h1-8,13,16,18H,10-11H2. The molecule has 0 bridgehead atoms. The molecule has 0 spiro atoms. The highest BCUT2D eigenvalue weighted by atomic mass is 16.5. The number of para-hydroxylation sites is 1. The van der Waals surface area contributed by atoms with Crippen molar-refractivity contribution in [2.24, 2.45) is 0 Å². The van der Waals surface area contributed by atoms with Crippen LogP contribution in [0.4, 0.5) is 0 Å². The highest BCUT2D eigenvalue weighted by molar-refractivity contribution is 5.42. The van der Waals surface area contributed by atoms with E-state index >= 15 is 0 Å². The molecule has 1 aromatic carbocycles. The van der Waals surface area contributed by atoms with Crippen molar-refractivity contribution in [3.8, 4) is 11.8 Å². The second-order valence-electron chi connectivity index (χ2n) is 4.03. The van der Waals surface area contributed by atoms with E-state index in [0.29, 0.717) is 17.9 Å². The zero-order valence-corrected chi connectivity index (χ0v) is 10.4. The van der Waals surface area contributed by atoms with E-state index in [0.717, 1.165) is 0 Å². The molecular weight excluding hydrogens is 242 g/mol. The van der Waals surface area contributed by atoms with E-state index in [1.165, 1.54) is 0 Å². The minimum atomic E-state index is -0.658. The number of hydrogen-bond donors (Lipinski definition) is 2. The number of nitrogens with one attached hydrogen (secondary N) is 1. The summed E-state index contributed by atoms with van der Waals surface area (Å²) in [5, 5.41) is 18.7. The van der Waals surface area contributed by atoms with Gasteiger partial charge in [-0.2, -0.15) is 5.26 Å². The van der Waals surface area contributed by atoms with Gasteiger partial charge >= 0.3 is 0 Å². The van der Waals surface area contributed by atoms with Crippen molar-refractivity contribution in [3.63, 3.8) is 0 Å². The lowest BCUT2D eigenvalue weighted by atomic mass is 10.2. The van der Waals surface area contributed by atoms with Crippen LogP contribution in [-0.2, 0) is 0 Å². The summed E-state index contributed by atoms with van der Waals surface area (Å²) in [6.45, 7) is 0.496. The maximum Gasteiger partial charge on any atom is 0.137 e. The summed E-state index contributed by atoms with van der Waals surface area (Å²) in [4.78, 5) is 0. The third kappa shape index (κ3) is 3.76. The van der Waals surface area contributed by atoms with E-state index in [9.17, 15) is 5.11 Å². The maximum absolute atomic E-state index is 9.79. The largest absolute Gasteiger partial charge is 0.489 e. The molecule has 1 aromatic heterocycles. The Morgan fingerprint density at radius 1 is 1.26 bits per heavy atom. The van der Waals surface area contributed by atoms with E-state index in [1.54, 1.807) is 28.9 Å². The molecule has 1 unspecified atom stereocenters. The molecular formula is C14H15N3O2. The normalized spacial score (nSPS) is 11.6. The lowest BCUT2D eigenvalue weighted by molar-refractivity contribution is 0.115. The van der Waals surface area contributed by atoms with Gasteiger partial charge in [-0.15, -0.1) is 0 Å². The van der Waals surface area contributed by atoms with Gasteiger partial charge in [-0.25, -0.2) is 0 Å². The fourth-order valence-corrected chi connectivity index (χ4v) is 1.58. The number of aliphatic hydroxyl groups is 1. The molecule has 0 aliphatic heterocycles. The van der Waals surface area contributed by atoms with Crippen LogP contribution >= 0.6 is 0 Å². The molecule has 2 aromatic rings. The van der Waals surface area contributed by atoms with Crippen LogP contribution in [0.25, 0.3) is 0 Å². The summed E-state index contributed by atoms with van der Waals surface area (Å²) in [6, 6.07) is 12.8. The van der Waals surface area contributed by atoms with Gasteiger partial charge in [-0.1, -0.05) is 12.1 Å². The highest BCUT2D eigenvalue weighted by Crippen LogP contribution is 2.16. The Bertz CT molecular complexity index is 546. The van der Waals surface area contributed by atoms with Gasteiger partial charge in [0.05, 0.1) is 12.1 Å². The Morgan fingerprint density at radius 2 is 2.00 bits per heavy atom. The fourth-order valence-electron chi connectivity index (χ4n) is 1.58. The van der Waals surface area contributed by atoms with E-state index in [2.05, 4.69) is 5.43 Å². The molecule has 2 N–H and O–H groups in total. The molecule has 98 valence electrons. The monoisotopic (exact) mass is 257 g/mol. The van der Waals surface area contributed by atoms with Gasteiger partial charge in [0.15, 0.2) is 0 Å². The van der Waals surface area contributed by atoms with Crippen LogP contribution in [0.1, 0.15) is 5.56 Å². The lowest BCUT2D eigenvalue weighted by Crippen LogP contribution is -2.30. The Hall–Kier alpha value is -2.45. The van der Waals surface area contributed by atoms with Gasteiger partial charge in [0.25, 0.3) is 0 Å². The van der Waals surface area contributed by atoms with Crippen LogP contribution in [0.3, 0.4) is 0 Å². The smallest absolute Gasteiger partial charge is 0.137 e. The van der Waals surface area contributed by atoms with Gasteiger partial charge < -0.3 is 15.3 Å². The lowest BCUT2D eigenvalue weighted by Gasteiger charge is -2.15. The molecule has 5 nitrogen and oxygen atoms in total. The van der Waals surface area contributed by atoms with Crippen molar-refractivity contribution >= 4 is 0 Å². The molecule has 2 rings (SSSR count). The van der Waals surface area contributed by atoms with Crippen molar-refractivity contribution in [3.05, 3.63) is 54.4 Å². The van der Waals surface area contributed by atoms with Gasteiger partial charge in [0.1, 0.15) is 24.5 Å². The Balaban J connectivity index is 1.80. The summed E-state index contributed by atoms with van der Waals surface area (Å²) in [5.74, 6) is 0.491. The summed E-state index contributed by atoms with van der Waals surface area (Å²) in [5.41, 5.74) is 3.48. The molecule has 1 heterocycles. The number of aromatic nitrogens is 1. The molecule has 1 atom stereocenters. The van der Waals surface area contributed by atoms with Crippen LogP contribution in [0.5, 0.6) is 5.75 Å². The second-order valence-corrected chi connectivity index (χ2v) is 4.03.